The standard InChI is InChI=1S/C32H35N5OS/c1-4-24-9-5-6-11-29(24)36-22(2)21-27(23(36)3)31-30(28-10-7-8-16-33-28)34-32(39)37(31)26-14-12-25(13-15-26)35-17-19-38-20-18-35/h5-16,21,30-31H,4,17-20H2,1-3H3,(H,34,39)/t30-,31+/m1/s1. The van der Waals surface area contributed by atoms with Gasteiger partial charge in [-0.3, -0.25) is 4.98 Å². The van der Waals surface area contributed by atoms with Crippen LogP contribution in [0.5, 0.6) is 0 Å². The highest BCUT2D eigenvalue weighted by molar-refractivity contribution is 7.80. The van der Waals surface area contributed by atoms with Crippen LogP contribution in [0.15, 0.2) is 79.0 Å². The van der Waals surface area contributed by atoms with Crippen molar-refractivity contribution in [3.63, 3.8) is 0 Å². The Morgan fingerprint density at radius 3 is 2.38 bits per heavy atom. The summed E-state index contributed by atoms with van der Waals surface area (Å²) >= 11 is 6.00. The number of para-hydroxylation sites is 1. The number of anilines is 2. The summed E-state index contributed by atoms with van der Waals surface area (Å²) in [7, 11) is 0. The molecule has 2 aromatic heterocycles. The van der Waals surface area contributed by atoms with Crippen molar-refractivity contribution in [2.45, 2.75) is 39.3 Å². The Hall–Kier alpha value is -3.68. The minimum absolute atomic E-state index is 0.0459. The topological polar surface area (TPSA) is 45.6 Å². The minimum atomic E-state index is -0.0759. The largest absolute Gasteiger partial charge is 0.378 e. The molecule has 2 atom stereocenters. The van der Waals surface area contributed by atoms with Crippen molar-refractivity contribution in [2.75, 3.05) is 36.1 Å². The molecule has 7 heteroatoms. The third-order valence-electron chi connectivity index (χ3n) is 8.00. The Kier molecular flexibility index (Phi) is 7.11. The van der Waals surface area contributed by atoms with E-state index < -0.39 is 0 Å². The molecule has 2 aliphatic rings. The Morgan fingerprint density at radius 2 is 1.67 bits per heavy atom. The lowest BCUT2D eigenvalue weighted by Gasteiger charge is -2.31. The van der Waals surface area contributed by atoms with Crippen LogP contribution in [0.25, 0.3) is 5.69 Å². The molecule has 0 spiro atoms. The molecule has 0 unspecified atom stereocenters. The fourth-order valence-corrected chi connectivity index (χ4v) is 6.43. The summed E-state index contributed by atoms with van der Waals surface area (Å²) in [6, 6.07) is 25.8. The van der Waals surface area contributed by atoms with Gasteiger partial charge in [-0.05, 0) is 92.1 Å². The van der Waals surface area contributed by atoms with Crippen molar-refractivity contribution in [1.29, 1.82) is 0 Å². The average molecular weight is 538 g/mol. The first kappa shape index (κ1) is 25.6. The van der Waals surface area contributed by atoms with E-state index in [4.69, 9.17) is 21.9 Å². The molecule has 0 aliphatic carbocycles. The maximum absolute atomic E-state index is 6.00. The molecule has 4 aromatic rings. The number of nitrogens with zero attached hydrogens (tertiary/aromatic N) is 4. The summed E-state index contributed by atoms with van der Waals surface area (Å²) in [5, 5.41) is 4.34. The number of aromatic nitrogens is 2. The molecule has 0 saturated carbocycles. The lowest BCUT2D eigenvalue weighted by atomic mass is 9.96. The molecule has 2 fully saturated rings. The molecule has 39 heavy (non-hydrogen) atoms. The molecular weight excluding hydrogens is 502 g/mol. The highest BCUT2D eigenvalue weighted by Gasteiger charge is 2.42. The van der Waals surface area contributed by atoms with Crippen LogP contribution in [0, 0.1) is 13.8 Å². The summed E-state index contributed by atoms with van der Waals surface area (Å²) in [6.45, 7) is 10.0. The molecule has 6 nitrogen and oxygen atoms in total. The van der Waals surface area contributed by atoms with Crippen molar-refractivity contribution in [3.05, 3.63) is 107 Å². The van der Waals surface area contributed by atoms with Crippen LogP contribution in [0.4, 0.5) is 11.4 Å². The van der Waals surface area contributed by atoms with Crippen molar-refractivity contribution < 1.29 is 4.74 Å². The molecule has 2 aliphatic heterocycles. The predicted octanol–water partition coefficient (Wildman–Crippen LogP) is 6.07. The summed E-state index contributed by atoms with van der Waals surface area (Å²) < 4.78 is 7.94. The number of nitrogens with one attached hydrogen (secondary N) is 1. The number of benzene rings is 2. The Labute approximate surface area is 236 Å². The van der Waals surface area contributed by atoms with E-state index in [1.54, 1.807) is 0 Å². The number of morpholine rings is 1. The number of rotatable bonds is 6. The lowest BCUT2D eigenvalue weighted by molar-refractivity contribution is 0.122. The van der Waals surface area contributed by atoms with Gasteiger partial charge in [0.25, 0.3) is 0 Å². The SMILES string of the molecule is CCc1ccccc1-n1c(C)cc([C@H]2[C@@H](c3ccccn3)NC(=S)N2c2ccc(N3CCOCC3)cc2)c1C. The van der Waals surface area contributed by atoms with Gasteiger partial charge in [-0.25, -0.2) is 0 Å². The third kappa shape index (κ3) is 4.70. The van der Waals surface area contributed by atoms with E-state index in [9.17, 15) is 0 Å². The second kappa shape index (κ2) is 10.8. The van der Waals surface area contributed by atoms with Crippen LogP contribution in [0.1, 0.15) is 47.2 Å². The molecular formula is C32H35N5OS. The van der Waals surface area contributed by atoms with Crippen LogP contribution >= 0.6 is 12.2 Å². The first-order chi connectivity index (χ1) is 19.1. The molecule has 4 heterocycles. The summed E-state index contributed by atoms with van der Waals surface area (Å²) in [5.41, 5.74) is 9.53. The van der Waals surface area contributed by atoms with Gasteiger partial charge in [0.05, 0.1) is 31.0 Å². The molecule has 2 saturated heterocycles. The molecule has 200 valence electrons. The Balaban J connectivity index is 1.44. The number of pyridine rings is 1. The normalized spacial score (nSPS) is 19.4. The molecule has 2 aromatic carbocycles. The zero-order valence-corrected chi connectivity index (χ0v) is 23.6. The van der Waals surface area contributed by atoms with Crippen molar-refractivity contribution in [2.24, 2.45) is 0 Å². The van der Waals surface area contributed by atoms with Gasteiger partial charge >= 0.3 is 0 Å². The molecule has 1 N–H and O–H groups in total. The van der Waals surface area contributed by atoms with Crippen LogP contribution < -0.4 is 15.1 Å². The van der Waals surface area contributed by atoms with Gasteiger partial charge < -0.3 is 24.4 Å². The van der Waals surface area contributed by atoms with E-state index in [1.165, 1.54) is 33.9 Å². The van der Waals surface area contributed by atoms with E-state index in [-0.39, 0.29) is 12.1 Å². The number of hydrogen-bond acceptors (Lipinski definition) is 4. The van der Waals surface area contributed by atoms with Gasteiger partial charge in [0.2, 0.25) is 0 Å². The van der Waals surface area contributed by atoms with Crippen molar-refractivity contribution >= 4 is 28.7 Å². The smallest absolute Gasteiger partial charge is 0.174 e. The van der Waals surface area contributed by atoms with Gasteiger partial charge in [-0.15, -0.1) is 0 Å². The van der Waals surface area contributed by atoms with Gasteiger partial charge in [0, 0.05) is 47.7 Å². The first-order valence-corrected chi connectivity index (χ1v) is 14.2. The summed E-state index contributed by atoms with van der Waals surface area (Å²) in [4.78, 5) is 9.39. The van der Waals surface area contributed by atoms with Gasteiger partial charge in [-0.2, -0.15) is 0 Å². The van der Waals surface area contributed by atoms with Crippen LogP contribution in [0.2, 0.25) is 0 Å². The zero-order chi connectivity index (χ0) is 26.9. The predicted molar refractivity (Wildman–Crippen MR) is 162 cm³/mol. The summed E-state index contributed by atoms with van der Waals surface area (Å²) in [6.07, 6.45) is 2.84. The fraction of sp³-hybridized carbons (Fsp3) is 0.312. The Bertz CT molecular complexity index is 1460. The lowest BCUT2D eigenvalue weighted by Crippen LogP contribution is -2.36. The van der Waals surface area contributed by atoms with E-state index >= 15 is 0 Å². The molecule has 0 bridgehead atoms. The van der Waals surface area contributed by atoms with Crippen LogP contribution in [0.3, 0.4) is 0 Å². The van der Waals surface area contributed by atoms with Crippen molar-refractivity contribution in [3.8, 4) is 5.69 Å². The third-order valence-corrected chi connectivity index (χ3v) is 8.32. The first-order valence-electron chi connectivity index (χ1n) is 13.8. The van der Waals surface area contributed by atoms with E-state index in [2.05, 4.69) is 101 Å². The molecule has 0 radical (unpaired) electrons. The quantitative estimate of drug-likeness (QED) is 0.302. The zero-order valence-electron chi connectivity index (χ0n) is 22.8. The van der Waals surface area contributed by atoms with Crippen molar-refractivity contribution in [1.82, 2.24) is 14.9 Å². The number of hydrogen-bond donors (Lipinski definition) is 1. The van der Waals surface area contributed by atoms with Gasteiger partial charge in [-0.1, -0.05) is 31.2 Å². The van der Waals surface area contributed by atoms with Gasteiger partial charge in [0.15, 0.2) is 5.11 Å². The second-order valence-corrected chi connectivity index (χ2v) is 10.6. The minimum Gasteiger partial charge on any atom is -0.378 e. The highest BCUT2D eigenvalue weighted by atomic mass is 32.1. The van der Waals surface area contributed by atoms with Gasteiger partial charge in [0.1, 0.15) is 0 Å². The number of aryl methyl sites for hydroxylation is 2. The maximum atomic E-state index is 6.00. The van der Waals surface area contributed by atoms with E-state index in [1.807, 2.05) is 18.3 Å². The molecule has 0 amide bonds. The maximum Gasteiger partial charge on any atom is 0.174 e. The van der Waals surface area contributed by atoms with E-state index in [0.29, 0.717) is 5.11 Å². The Morgan fingerprint density at radius 1 is 0.949 bits per heavy atom. The second-order valence-electron chi connectivity index (χ2n) is 10.3. The highest BCUT2D eigenvalue weighted by Crippen LogP contribution is 2.44. The number of ether oxygens (including phenoxy) is 1. The monoisotopic (exact) mass is 537 g/mol. The van der Waals surface area contributed by atoms with Crippen LogP contribution in [-0.2, 0) is 11.2 Å². The summed E-state index contributed by atoms with van der Waals surface area (Å²) in [5.74, 6) is 0. The molecule has 6 rings (SSSR count). The average Bonchev–Trinajstić information content (AvgIpc) is 3.48. The number of thiocarbonyl (C=S) groups is 1. The van der Waals surface area contributed by atoms with Crippen LogP contribution in [-0.4, -0.2) is 41.0 Å². The fourth-order valence-electron chi connectivity index (χ4n) is 6.08. The van der Waals surface area contributed by atoms with E-state index in [0.717, 1.165) is 44.1 Å².